The lowest BCUT2D eigenvalue weighted by molar-refractivity contribution is -0.184. The Labute approximate surface area is 72.9 Å². The zero-order valence-corrected chi connectivity index (χ0v) is 6.77. The number of carboxylic acids is 1. The molecule has 1 fully saturated rings. The second-order valence-electron chi connectivity index (χ2n) is 3.17. The molecule has 1 heterocycles. The number of carboxylic acid groups (broad SMARTS) is 1. The molecule has 2 N–H and O–H groups in total. The van der Waals surface area contributed by atoms with E-state index in [1.807, 2.05) is 0 Å². The van der Waals surface area contributed by atoms with Gasteiger partial charge in [-0.15, -0.1) is 0 Å². The molecule has 0 bridgehead atoms. The highest BCUT2D eigenvalue weighted by molar-refractivity contribution is 5.70. The van der Waals surface area contributed by atoms with Crippen LogP contribution in [0, 0.1) is 11.8 Å². The van der Waals surface area contributed by atoms with Crippen LogP contribution in [0.3, 0.4) is 0 Å². The third kappa shape index (κ3) is 2.58. The van der Waals surface area contributed by atoms with Crippen molar-refractivity contribution in [1.29, 1.82) is 0 Å². The fourth-order valence-corrected chi connectivity index (χ4v) is 1.38. The van der Waals surface area contributed by atoms with E-state index in [1.54, 1.807) is 0 Å². The van der Waals surface area contributed by atoms with Gasteiger partial charge in [0.25, 0.3) is 0 Å². The molecule has 0 aromatic heterocycles. The van der Waals surface area contributed by atoms with E-state index in [1.165, 1.54) is 0 Å². The Morgan fingerprint density at radius 3 is 2.46 bits per heavy atom. The minimum atomic E-state index is -4.29. The van der Waals surface area contributed by atoms with Crippen LogP contribution in [0.1, 0.15) is 6.42 Å². The van der Waals surface area contributed by atoms with Gasteiger partial charge in [0, 0.05) is 13.1 Å². The first-order valence-electron chi connectivity index (χ1n) is 3.91. The van der Waals surface area contributed by atoms with E-state index in [0.717, 1.165) is 0 Å². The second-order valence-corrected chi connectivity index (χ2v) is 3.17. The topological polar surface area (TPSA) is 49.3 Å². The maximum absolute atomic E-state index is 12.1. The molecule has 1 rings (SSSR count). The molecule has 3 nitrogen and oxygen atoms in total. The summed E-state index contributed by atoms with van der Waals surface area (Å²) in [6, 6.07) is 0. The van der Waals surface area contributed by atoms with Crippen molar-refractivity contribution in [2.75, 3.05) is 13.1 Å². The number of alkyl halides is 3. The van der Waals surface area contributed by atoms with Crippen molar-refractivity contribution in [3.8, 4) is 0 Å². The van der Waals surface area contributed by atoms with Gasteiger partial charge >= 0.3 is 12.1 Å². The van der Waals surface area contributed by atoms with Gasteiger partial charge in [0.15, 0.2) is 0 Å². The molecule has 2 atom stereocenters. The lowest BCUT2D eigenvalue weighted by atomic mass is 9.90. The molecule has 0 spiro atoms. The summed E-state index contributed by atoms with van der Waals surface area (Å²) in [7, 11) is 0. The Balaban J connectivity index is 2.57. The minimum Gasteiger partial charge on any atom is -0.481 e. The predicted molar refractivity (Wildman–Crippen MR) is 38.2 cm³/mol. The molecule has 6 heteroatoms. The quantitative estimate of drug-likeness (QED) is 0.655. The van der Waals surface area contributed by atoms with Crippen LogP contribution in [0.2, 0.25) is 0 Å². The molecule has 1 saturated heterocycles. The van der Waals surface area contributed by atoms with Gasteiger partial charge in [-0.25, -0.2) is 0 Å². The van der Waals surface area contributed by atoms with Crippen LogP contribution in [0.25, 0.3) is 0 Å². The van der Waals surface area contributed by atoms with E-state index in [9.17, 15) is 18.0 Å². The maximum Gasteiger partial charge on any atom is 0.393 e. The highest BCUT2D eigenvalue weighted by atomic mass is 19.4. The molecule has 76 valence electrons. The van der Waals surface area contributed by atoms with E-state index in [-0.39, 0.29) is 19.5 Å². The average Bonchev–Trinajstić information content (AvgIpc) is 2.03. The predicted octanol–water partition coefficient (Wildman–Crippen LogP) is 0.859. The summed E-state index contributed by atoms with van der Waals surface area (Å²) in [4.78, 5) is 10.4. The Hall–Kier alpha value is -0.780. The summed E-state index contributed by atoms with van der Waals surface area (Å²) in [5, 5.41) is 11.0. The van der Waals surface area contributed by atoms with Crippen LogP contribution in [-0.2, 0) is 4.79 Å². The van der Waals surface area contributed by atoms with Crippen LogP contribution in [0.15, 0.2) is 0 Å². The van der Waals surface area contributed by atoms with Crippen LogP contribution < -0.4 is 5.32 Å². The van der Waals surface area contributed by atoms with Crippen LogP contribution in [0.4, 0.5) is 13.2 Å². The molecule has 0 aromatic rings. The summed E-state index contributed by atoms with van der Waals surface area (Å²) >= 11 is 0. The Kier molecular flexibility index (Phi) is 2.80. The summed E-state index contributed by atoms with van der Waals surface area (Å²) < 4.78 is 36.4. The molecule has 1 aliphatic heterocycles. The molecule has 13 heavy (non-hydrogen) atoms. The number of hydrogen-bond donors (Lipinski definition) is 2. The zero-order valence-electron chi connectivity index (χ0n) is 6.77. The number of rotatable bonds is 1. The average molecular weight is 197 g/mol. The van der Waals surface area contributed by atoms with Gasteiger partial charge < -0.3 is 10.4 Å². The number of halogens is 3. The standard InChI is InChI=1S/C7H10F3NO2/c8-7(9,10)5-1-4(6(12)13)2-11-3-5/h4-5,11H,1-3H2,(H,12,13)/t4-,5+/m1/s1. The van der Waals surface area contributed by atoms with Crippen molar-refractivity contribution >= 4 is 5.97 Å². The molecule has 0 aromatic carbocycles. The zero-order chi connectivity index (χ0) is 10.1. The van der Waals surface area contributed by atoms with Crippen molar-refractivity contribution in [2.24, 2.45) is 11.8 Å². The maximum atomic E-state index is 12.1. The molecule has 0 radical (unpaired) electrons. The molecule has 0 amide bonds. The number of piperidine rings is 1. The highest BCUT2D eigenvalue weighted by Gasteiger charge is 2.43. The Bertz CT molecular complexity index is 204. The third-order valence-electron chi connectivity index (χ3n) is 2.16. The summed E-state index contributed by atoms with van der Waals surface area (Å²) in [5.41, 5.74) is 0. The first kappa shape index (κ1) is 10.3. The Morgan fingerprint density at radius 2 is 2.00 bits per heavy atom. The van der Waals surface area contributed by atoms with Crippen molar-refractivity contribution in [2.45, 2.75) is 12.6 Å². The molecule has 0 unspecified atom stereocenters. The van der Waals surface area contributed by atoms with Gasteiger partial charge in [0.2, 0.25) is 0 Å². The summed E-state index contributed by atoms with van der Waals surface area (Å²) in [6.45, 7) is -0.0464. The molecule has 0 saturated carbocycles. The third-order valence-corrected chi connectivity index (χ3v) is 2.16. The number of nitrogens with one attached hydrogen (secondary N) is 1. The normalized spacial score (nSPS) is 30.1. The van der Waals surface area contributed by atoms with Crippen molar-refractivity contribution in [3.05, 3.63) is 0 Å². The van der Waals surface area contributed by atoms with Gasteiger partial charge in [0.1, 0.15) is 0 Å². The monoisotopic (exact) mass is 197 g/mol. The summed E-state index contributed by atoms with van der Waals surface area (Å²) in [5.74, 6) is -3.61. The fourth-order valence-electron chi connectivity index (χ4n) is 1.38. The highest BCUT2D eigenvalue weighted by Crippen LogP contribution is 2.32. The van der Waals surface area contributed by atoms with Crippen molar-refractivity contribution < 1.29 is 23.1 Å². The second kappa shape index (κ2) is 3.53. The smallest absolute Gasteiger partial charge is 0.393 e. The summed E-state index contributed by atoms with van der Waals surface area (Å²) in [6.07, 6.45) is -4.60. The van der Waals surface area contributed by atoms with E-state index < -0.39 is 24.0 Å². The van der Waals surface area contributed by atoms with Crippen LogP contribution in [-0.4, -0.2) is 30.3 Å². The molecule has 1 aliphatic rings. The number of hydrogen-bond acceptors (Lipinski definition) is 2. The van der Waals surface area contributed by atoms with Gasteiger partial charge in [0.05, 0.1) is 11.8 Å². The minimum absolute atomic E-state index is 0.127. The van der Waals surface area contributed by atoms with Crippen molar-refractivity contribution in [1.82, 2.24) is 5.32 Å². The van der Waals surface area contributed by atoms with Gasteiger partial charge in [-0.2, -0.15) is 13.2 Å². The molecule has 0 aliphatic carbocycles. The number of aliphatic carboxylic acids is 1. The van der Waals surface area contributed by atoms with Gasteiger partial charge in [-0.3, -0.25) is 4.79 Å². The van der Waals surface area contributed by atoms with Crippen molar-refractivity contribution in [3.63, 3.8) is 0 Å². The van der Waals surface area contributed by atoms with Crippen LogP contribution >= 0.6 is 0 Å². The fraction of sp³-hybridized carbons (Fsp3) is 0.857. The van der Waals surface area contributed by atoms with E-state index in [2.05, 4.69) is 5.32 Å². The largest absolute Gasteiger partial charge is 0.481 e. The van der Waals surface area contributed by atoms with Crippen LogP contribution in [0.5, 0.6) is 0 Å². The number of carbonyl (C=O) groups is 1. The SMILES string of the molecule is O=C(O)[C@H]1CNC[C@@H](C(F)(F)F)C1. The van der Waals surface area contributed by atoms with Gasteiger partial charge in [-0.1, -0.05) is 0 Å². The van der Waals surface area contributed by atoms with E-state index in [4.69, 9.17) is 5.11 Å². The molecular formula is C7H10F3NO2. The van der Waals surface area contributed by atoms with E-state index in [0.29, 0.717) is 0 Å². The van der Waals surface area contributed by atoms with E-state index >= 15 is 0 Å². The Morgan fingerprint density at radius 1 is 1.38 bits per heavy atom. The lowest BCUT2D eigenvalue weighted by Gasteiger charge is -2.28. The lowest BCUT2D eigenvalue weighted by Crippen LogP contribution is -2.45. The first-order valence-corrected chi connectivity index (χ1v) is 3.91. The molecular weight excluding hydrogens is 187 g/mol. The first-order chi connectivity index (χ1) is 5.91. The van der Waals surface area contributed by atoms with Gasteiger partial charge in [-0.05, 0) is 6.42 Å².